The Balaban J connectivity index is 2.82. The van der Waals surface area contributed by atoms with Gasteiger partial charge in [-0.25, -0.2) is 4.99 Å². The molecular weight excluding hydrogens is 160 g/mol. The van der Waals surface area contributed by atoms with Crippen molar-refractivity contribution in [3.63, 3.8) is 0 Å². The summed E-state index contributed by atoms with van der Waals surface area (Å²) in [7, 11) is 0. The average Bonchev–Trinajstić information content (AvgIpc) is 2.30. The van der Waals surface area contributed by atoms with E-state index in [1.54, 1.807) is 0 Å². The second-order valence-corrected chi connectivity index (χ2v) is 3.33. The molecular formula is C7H10N2OS. The Morgan fingerprint density at radius 1 is 1.36 bits per heavy atom. The van der Waals surface area contributed by atoms with Gasteiger partial charge in [0.2, 0.25) is 0 Å². The molecule has 0 saturated heterocycles. The van der Waals surface area contributed by atoms with Crippen LogP contribution in [0.5, 0.6) is 0 Å². The summed E-state index contributed by atoms with van der Waals surface area (Å²) in [4.78, 5) is 18.9. The Hall–Kier alpha value is -0.640. The highest BCUT2D eigenvalue weighted by Crippen LogP contribution is 2.12. The van der Waals surface area contributed by atoms with Crippen LogP contribution < -0.4 is 0 Å². The van der Waals surface area contributed by atoms with Crippen LogP contribution in [0.25, 0.3) is 0 Å². The zero-order chi connectivity index (χ0) is 8.43. The van der Waals surface area contributed by atoms with E-state index in [1.807, 2.05) is 20.1 Å². The van der Waals surface area contributed by atoms with E-state index in [1.165, 1.54) is 11.8 Å². The van der Waals surface area contributed by atoms with Crippen LogP contribution in [0.15, 0.2) is 9.98 Å². The molecule has 0 aliphatic carbocycles. The highest BCUT2D eigenvalue weighted by molar-refractivity contribution is 8.13. The van der Waals surface area contributed by atoms with Crippen LogP contribution in [0.3, 0.4) is 0 Å². The van der Waals surface area contributed by atoms with Crippen LogP contribution in [0.2, 0.25) is 0 Å². The van der Waals surface area contributed by atoms with E-state index in [-0.39, 0.29) is 11.8 Å². The summed E-state index contributed by atoms with van der Waals surface area (Å²) in [5.74, 6) is 0.000231. The third-order valence-corrected chi connectivity index (χ3v) is 1.91. The highest BCUT2D eigenvalue weighted by atomic mass is 32.2. The Bertz CT molecular complexity index is 243. The first-order chi connectivity index (χ1) is 5.15. The van der Waals surface area contributed by atoms with Crippen molar-refractivity contribution in [2.24, 2.45) is 15.9 Å². The first-order valence-corrected chi connectivity index (χ1v) is 4.63. The monoisotopic (exact) mass is 170 g/mol. The number of thioether (sulfide) groups is 1. The third kappa shape index (κ3) is 1.68. The van der Waals surface area contributed by atoms with Crippen molar-refractivity contribution in [1.82, 2.24) is 0 Å². The normalized spacial score (nSPS) is 17.3. The van der Waals surface area contributed by atoms with Gasteiger partial charge < -0.3 is 0 Å². The molecule has 1 aliphatic heterocycles. The number of nitrogens with zero attached hydrogens (tertiary/aromatic N) is 2. The van der Waals surface area contributed by atoms with Gasteiger partial charge in [0, 0.05) is 5.92 Å². The highest BCUT2D eigenvalue weighted by Gasteiger charge is 2.21. The predicted molar refractivity (Wildman–Crippen MR) is 48.2 cm³/mol. The van der Waals surface area contributed by atoms with Gasteiger partial charge in [0.15, 0.2) is 5.17 Å². The number of rotatable bonds is 1. The molecule has 0 atom stereocenters. The number of carbonyl (C=O) groups excluding carboxylic acids is 1. The number of aliphatic imine (C=N–C) groups is 2. The summed E-state index contributed by atoms with van der Waals surface area (Å²) in [6.45, 7) is 3.88. The smallest absolute Gasteiger partial charge is 0.265 e. The zero-order valence-corrected chi connectivity index (χ0v) is 7.60. The predicted octanol–water partition coefficient (Wildman–Crippen LogP) is 1.34. The van der Waals surface area contributed by atoms with Crippen LogP contribution in [-0.4, -0.2) is 23.0 Å². The summed E-state index contributed by atoms with van der Waals surface area (Å²) < 4.78 is 0. The van der Waals surface area contributed by atoms with Gasteiger partial charge in [0.05, 0.1) is 0 Å². The van der Waals surface area contributed by atoms with Gasteiger partial charge in [-0.15, -0.1) is 0 Å². The van der Waals surface area contributed by atoms with Gasteiger partial charge in [0.25, 0.3) is 5.91 Å². The molecule has 0 aromatic rings. The standard InChI is InChI=1S/C7H10N2OS/c1-4(2)5-6(10)9-7(8-5)11-3/h4H,1-3H3. The van der Waals surface area contributed by atoms with E-state index in [4.69, 9.17) is 0 Å². The Morgan fingerprint density at radius 2 is 2.00 bits per heavy atom. The van der Waals surface area contributed by atoms with E-state index in [0.717, 1.165) is 0 Å². The van der Waals surface area contributed by atoms with Gasteiger partial charge in [-0.2, -0.15) is 4.99 Å². The van der Waals surface area contributed by atoms with Crippen LogP contribution >= 0.6 is 11.8 Å². The number of carbonyl (C=O) groups is 1. The quantitative estimate of drug-likeness (QED) is 0.596. The maximum atomic E-state index is 11.1. The van der Waals surface area contributed by atoms with E-state index < -0.39 is 0 Å². The zero-order valence-electron chi connectivity index (χ0n) is 6.79. The van der Waals surface area contributed by atoms with Crippen molar-refractivity contribution in [2.75, 3.05) is 6.26 Å². The lowest BCUT2D eigenvalue weighted by Crippen LogP contribution is -2.14. The molecule has 1 amide bonds. The van der Waals surface area contributed by atoms with Crippen LogP contribution in [0.4, 0.5) is 0 Å². The lowest BCUT2D eigenvalue weighted by molar-refractivity contribution is -0.111. The maximum Gasteiger partial charge on any atom is 0.294 e. The van der Waals surface area contributed by atoms with Crippen LogP contribution in [-0.2, 0) is 4.79 Å². The van der Waals surface area contributed by atoms with Gasteiger partial charge in [-0.3, -0.25) is 4.79 Å². The average molecular weight is 170 g/mol. The number of amides is 1. The molecule has 0 unspecified atom stereocenters. The van der Waals surface area contributed by atoms with Crippen molar-refractivity contribution >= 4 is 28.5 Å². The molecule has 1 aliphatic rings. The summed E-state index contributed by atoms with van der Waals surface area (Å²) in [6, 6.07) is 0. The van der Waals surface area contributed by atoms with E-state index in [2.05, 4.69) is 9.98 Å². The SMILES string of the molecule is CSC1=NC(=O)C(C(C)C)=N1. The van der Waals surface area contributed by atoms with Gasteiger partial charge >= 0.3 is 0 Å². The topological polar surface area (TPSA) is 41.8 Å². The molecule has 0 radical (unpaired) electrons. The molecule has 0 saturated carbocycles. The third-order valence-electron chi connectivity index (χ3n) is 1.36. The van der Waals surface area contributed by atoms with Gasteiger partial charge in [-0.05, 0) is 6.26 Å². The molecule has 0 bridgehead atoms. The van der Waals surface area contributed by atoms with Crippen molar-refractivity contribution in [2.45, 2.75) is 13.8 Å². The minimum atomic E-state index is -0.177. The first kappa shape index (κ1) is 8.46. The molecule has 0 aromatic carbocycles. The fraction of sp³-hybridized carbons (Fsp3) is 0.571. The van der Waals surface area contributed by atoms with Crippen molar-refractivity contribution in [3.8, 4) is 0 Å². The Morgan fingerprint density at radius 3 is 2.27 bits per heavy atom. The number of hydrogen-bond donors (Lipinski definition) is 0. The fourth-order valence-electron chi connectivity index (χ4n) is 0.787. The molecule has 1 heterocycles. The van der Waals surface area contributed by atoms with Crippen LogP contribution in [0, 0.1) is 5.92 Å². The largest absolute Gasteiger partial charge is 0.294 e. The summed E-state index contributed by atoms with van der Waals surface area (Å²) in [6.07, 6.45) is 1.86. The van der Waals surface area contributed by atoms with Gasteiger partial charge in [0.1, 0.15) is 5.71 Å². The van der Waals surface area contributed by atoms with E-state index in [0.29, 0.717) is 10.9 Å². The summed E-state index contributed by atoms with van der Waals surface area (Å²) in [5, 5.41) is 0.582. The number of hydrogen-bond acceptors (Lipinski definition) is 3. The molecule has 3 nitrogen and oxygen atoms in total. The second-order valence-electron chi connectivity index (χ2n) is 2.56. The second kappa shape index (κ2) is 3.17. The molecule has 0 aromatic heterocycles. The minimum absolute atomic E-state index is 0.177. The maximum absolute atomic E-state index is 11.1. The Labute approximate surface area is 70.0 Å². The fourth-order valence-corrected chi connectivity index (χ4v) is 1.15. The molecule has 1 rings (SSSR count). The Kier molecular flexibility index (Phi) is 2.44. The molecule has 11 heavy (non-hydrogen) atoms. The molecule has 0 N–H and O–H groups in total. The van der Waals surface area contributed by atoms with Crippen LogP contribution in [0.1, 0.15) is 13.8 Å². The first-order valence-electron chi connectivity index (χ1n) is 3.40. The van der Waals surface area contributed by atoms with Crippen molar-refractivity contribution < 1.29 is 4.79 Å². The lowest BCUT2D eigenvalue weighted by atomic mass is 10.1. The minimum Gasteiger partial charge on any atom is -0.265 e. The van der Waals surface area contributed by atoms with Gasteiger partial charge in [-0.1, -0.05) is 25.6 Å². The lowest BCUT2D eigenvalue weighted by Gasteiger charge is -1.98. The summed E-state index contributed by atoms with van der Waals surface area (Å²) in [5.41, 5.74) is 0.578. The molecule has 60 valence electrons. The summed E-state index contributed by atoms with van der Waals surface area (Å²) >= 11 is 1.40. The molecule has 0 spiro atoms. The number of amidine groups is 1. The molecule has 4 heteroatoms. The van der Waals surface area contributed by atoms with E-state index in [9.17, 15) is 4.79 Å². The van der Waals surface area contributed by atoms with Crippen molar-refractivity contribution in [3.05, 3.63) is 0 Å². The van der Waals surface area contributed by atoms with Crippen molar-refractivity contribution in [1.29, 1.82) is 0 Å². The molecule has 0 fully saturated rings. The van der Waals surface area contributed by atoms with E-state index >= 15 is 0 Å².